The number of nitrogens with one attached hydrogen (secondary N) is 1. The summed E-state index contributed by atoms with van der Waals surface area (Å²) in [5, 5.41) is 12.9. The highest BCUT2D eigenvalue weighted by Crippen LogP contribution is 2.35. The Kier molecular flexibility index (Phi) is 8.47. The minimum atomic E-state index is -0.193. The summed E-state index contributed by atoms with van der Waals surface area (Å²) in [5.41, 5.74) is 1.55. The zero-order valence-electron chi connectivity index (χ0n) is 18.2. The highest BCUT2D eigenvalue weighted by molar-refractivity contribution is 6.37. The molecule has 7 heteroatoms. The lowest BCUT2D eigenvalue weighted by Gasteiger charge is -2.40. The number of anilines is 1. The number of hydrogen-bond donors (Lipinski definition) is 2. The molecule has 0 radical (unpaired) electrons. The van der Waals surface area contributed by atoms with E-state index < -0.39 is 0 Å². The lowest BCUT2D eigenvalue weighted by Crippen LogP contribution is -2.50. The van der Waals surface area contributed by atoms with Gasteiger partial charge in [0.25, 0.3) is 0 Å². The van der Waals surface area contributed by atoms with Crippen molar-refractivity contribution in [3.05, 3.63) is 58.1 Å². The van der Waals surface area contributed by atoms with Crippen molar-refractivity contribution in [1.82, 2.24) is 9.80 Å². The molecule has 1 unspecified atom stereocenters. The van der Waals surface area contributed by atoms with E-state index in [0.717, 1.165) is 31.5 Å². The minimum absolute atomic E-state index is 0.107. The largest absolute Gasteiger partial charge is 0.505 e. The van der Waals surface area contributed by atoms with Crippen LogP contribution in [0.5, 0.6) is 5.75 Å². The third-order valence-electron chi connectivity index (χ3n) is 5.99. The molecule has 1 atom stereocenters. The number of aromatic hydroxyl groups is 1. The van der Waals surface area contributed by atoms with Crippen molar-refractivity contribution in [3.8, 4) is 5.75 Å². The molecule has 0 spiro atoms. The first-order valence-corrected chi connectivity index (χ1v) is 11.7. The van der Waals surface area contributed by atoms with E-state index in [1.807, 2.05) is 35.2 Å². The summed E-state index contributed by atoms with van der Waals surface area (Å²) in [4.78, 5) is 17.7. The molecule has 0 aliphatic carbocycles. The number of carbonyl (C=O) groups excluding carboxylic acids is 1. The van der Waals surface area contributed by atoms with E-state index in [9.17, 15) is 9.90 Å². The maximum Gasteiger partial charge on any atom is 0.322 e. The first-order chi connectivity index (χ1) is 14.9. The van der Waals surface area contributed by atoms with Crippen LogP contribution in [-0.4, -0.2) is 46.1 Å². The molecule has 1 heterocycles. The van der Waals surface area contributed by atoms with E-state index in [1.165, 1.54) is 25.0 Å². The number of hydrogen-bond acceptors (Lipinski definition) is 3. The zero-order chi connectivity index (χ0) is 22.4. The molecule has 5 nitrogen and oxygen atoms in total. The van der Waals surface area contributed by atoms with Crippen LogP contribution in [0, 0.1) is 0 Å². The van der Waals surface area contributed by atoms with Crippen molar-refractivity contribution in [3.63, 3.8) is 0 Å². The van der Waals surface area contributed by atoms with Gasteiger partial charge in [-0.15, -0.1) is 0 Å². The van der Waals surface area contributed by atoms with Gasteiger partial charge in [-0.2, -0.15) is 0 Å². The van der Waals surface area contributed by atoms with Crippen LogP contribution >= 0.6 is 23.2 Å². The smallest absolute Gasteiger partial charge is 0.322 e. The van der Waals surface area contributed by atoms with Gasteiger partial charge < -0.3 is 20.2 Å². The standard InChI is InChI=1S/C24H31Cl2N3O2/c1-3-7-17(2)28-12-10-20(11-13-28)29(16-18-8-5-4-6-9-18)24(31)27-19-14-21(25)23(30)22(26)15-19/h4-6,8-9,14-15,17,20,30H,3,7,10-13,16H2,1-2H3,(H,27,31). The predicted octanol–water partition coefficient (Wildman–Crippen LogP) is 6.39. The Balaban J connectivity index is 1.74. The van der Waals surface area contributed by atoms with E-state index in [1.54, 1.807) is 0 Å². The molecule has 2 N–H and O–H groups in total. The van der Waals surface area contributed by atoms with Crippen molar-refractivity contribution >= 4 is 34.9 Å². The van der Waals surface area contributed by atoms with Crippen LogP contribution in [-0.2, 0) is 6.54 Å². The minimum Gasteiger partial charge on any atom is -0.505 e. The summed E-state index contributed by atoms with van der Waals surface area (Å²) in [6, 6.07) is 13.6. The van der Waals surface area contributed by atoms with Crippen molar-refractivity contribution in [2.45, 2.75) is 58.2 Å². The topological polar surface area (TPSA) is 55.8 Å². The van der Waals surface area contributed by atoms with E-state index >= 15 is 0 Å². The third kappa shape index (κ3) is 6.28. The van der Waals surface area contributed by atoms with E-state index in [-0.39, 0.29) is 27.9 Å². The fraction of sp³-hybridized carbons (Fsp3) is 0.458. The van der Waals surface area contributed by atoms with Crippen LogP contribution in [0.3, 0.4) is 0 Å². The Morgan fingerprint density at radius 2 is 1.81 bits per heavy atom. The highest BCUT2D eigenvalue weighted by Gasteiger charge is 2.29. The second-order valence-corrected chi connectivity index (χ2v) is 9.05. The number of phenolic OH excluding ortho intramolecular Hbond substituents is 1. The molecule has 2 aromatic rings. The van der Waals surface area contributed by atoms with Gasteiger partial charge in [-0.05, 0) is 43.9 Å². The molecular formula is C24H31Cl2N3O2. The molecule has 2 aromatic carbocycles. The summed E-state index contributed by atoms with van der Waals surface area (Å²) < 4.78 is 0. The van der Waals surface area contributed by atoms with E-state index in [4.69, 9.17) is 23.2 Å². The molecule has 3 rings (SSSR count). The Bertz CT molecular complexity index is 847. The Hall–Kier alpha value is -1.95. The highest BCUT2D eigenvalue weighted by atomic mass is 35.5. The number of nitrogens with zero attached hydrogens (tertiary/aromatic N) is 2. The first-order valence-electron chi connectivity index (χ1n) is 10.9. The Morgan fingerprint density at radius 3 is 2.39 bits per heavy atom. The lowest BCUT2D eigenvalue weighted by atomic mass is 10.00. The maximum absolute atomic E-state index is 13.3. The second kappa shape index (κ2) is 11.1. The molecule has 1 fully saturated rings. The fourth-order valence-corrected chi connectivity index (χ4v) is 4.71. The number of benzene rings is 2. The van der Waals surface area contributed by atoms with Crippen LogP contribution in [0.1, 0.15) is 45.1 Å². The van der Waals surface area contributed by atoms with Crippen LogP contribution in [0.2, 0.25) is 10.0 Å². The van der Waals surface area contributed by atoms with Crippen LogP contribution in [0.15, 0.2) is 42.5 Å². The third-order valence-corrected chi connectivity index (χ3v) is 6.57. The number of piperidine rings is 1. The monoisotopic (exact) mass is 463 g/mol. The average molecular weight is 464 g/mol. The Labute approximate surface area is 194 Å². The van der Waals surface area contributed by atoms with Gasteiger partial charge in [0.15, 0.2) is 5.75 Å². The summed E-state index contributed by atoms with van der Waals surface area (Å²) in [6.45, 7) is 7.01. The molecule has 31 heavy (non-hydrogen) atoms. The molecule has 1 aliphatic heterocycles. The van der Waals surface area contributed by atoms with Crippen molar-refractivity contribution in [1.29, 1.82) is 0 Å². The van der Waals surface area contributed by atoms with Crippen LogP contribution < -0.4 is 5.32 Å². The fourth-order valence-electron chi connectivity index (χ4n) is 4.22. The molecule has 1 saturated heterocycles. The van der Waals surface area contributed by atoms with Gasteiger partial charge in [-0.1, -0.05) is 66.9 Å². The van der Waals surface area contributed by atoms with Gasteiger partial charge in [-0.25, -0.2) is 4.79 Å². The van der Waals surface area contributed by atoms with Crippen molar-refractivity contribution in [2.75, 3.05) is 18.4 Å². The summed E-state index contributed by atoms with van der Waals surface area (Å²) >= 11 is 12.1. The number of carbonyl (C=O) groups is 1. The normalized spacial score (nSPS) is 16.1. The quantitative estimate of drug-likeness (QED) is 0.467. The van der Waals surface area contributed by atoms with Gasteiger partial charge in [-0.3, -0.25) is 0 Å². The second-order valence-electron chi connectivity index (χ2n) is 8.24. The molecule has 0 aromatic heterocycles. The van der Waals surface area contributed by atoms with Gasteiger partial charge in [0.2, 0.25) is 0 Å². The maximum atomic E-state index is 13.3. The van der Waals surface area contributed by atoms with Gasteiger partial charge >= 0.3 is 6.03 Å². The summed E-state index contributed by atoms with van der Waals surface area (Å²) in [6.07, 6.45) is 4.25. The Morgan fingerprint density at radius 1 is 1.19 bits per heavy atom. The lowest BCUT2D eigenvalue weighted by molar-refractivity contribution is 0.0989. The van der Waals surface area contributed by atoms with Gasteiger partial charge in [0.1, 0.15) is 0 Å². The first kappa shape index (κ1) is 23.7. The summed E-state index contributed by atoms with van der Waals surface area (Å²) in [7, 11) is 0. The van der Waals surface area contributed by atoms with Gasteiger partial charge in [0, 0.05) is 37.4 Å². The van der Waals surface area contributed by atoms with E-state index in [0.29, 0.717) is 18.3 Å². The van der Waals surface area contributed by atoms with Crippen LogP contribution in [0.25, 0.3) is 0 Å². The van der Waals surface area contributed by atoms with Gasteiger partial charge in [0.05, 0.1) is 10.0 Å². The number of urea groups is 1. The summed E-state index contributed by atoms with van der Waals surface area (Å²) in [5.74, 6) is -0.184. The van der Waals surface area contributed by atoms with Crippen LogP contribution in [0.4, 0.5) is 10.5 Å². The number of rotatable bonds is 7. The van der Waals surface area contributed by atoms with Crippen molar-refractivity contribution < 1.29 is 9.90 Å². The molecule has 0 saturated carbocycles. The number of phenols is 1. The molecule has 2 amide bonds. The van der Waals surface area contributed by atoms with E-state index in [2.05, 4.69) is 24.1 Å². The number of likely N-dealkylation sites (tertiary alicyclic amines) is 1. The number of halogens is 2. The predicted molar refractivity (Wildman–Crippen MR) is 128 cm³/mol. The molecule has 0 bridgehead atoms. The number of amides is 2. The zero-order valence-corrected chi connectivity index (χ0v) is 19.7. The molecule has 1 aliphatic rings. The SMILES string of the molecule is CCCC(C)N1CCC(N(Cc2ccccc2)C(=O)Nc2cc(Cl)c(O)c(Cl)c2)CC1. The average Bonchev–Trinajstić information content (AvgIpc) is 2.76. The van der Waals surface area contributed by atoms with Crippen molar-refractivity contribution in [2.24, 2.45) is 0 Å². The molecule has 168 valence electrons. The molecular weight excluding hydrogens is 433 g/mol.